The van der Waals surface area contributed by atoms with Gasteiger partial charge in [-0.1, -0.05) is 6.07 Å². The van der Waals surface area contributed by atoms with Crippen LogP contribution in [-0.4, -0.2) is 25.5 Å². The molecule has 0 fully saturated rings. The molecule has 0 aliphatic carbocycles. The molecule has 144 valence electrons. The Labute approximate surface area is 160 Å². The molecule has 1 heterocycles. The molecular formula is C20H17FN2O5. The molecule has 0 saturated carbocycles. The SMILES string of the molecule is COc1ccc(NC(=O)COc2cccc(NC(=O)c3ccco3)c2)cc1F. The standard InChI is InChI=1S/C20H17FN2O5/c1-26-17-8-7-14(11-16(17)21)22-19(24)12-28-15-5-2-4-13(10-15)23-20(25)18-6-3-9-27-18/h2-11H,12H2,1H3,(H,22,24)(H,23,25). The minimum atomic E-state index is -0.582. The van der Waals surface area contributed by atoms with Gasteiger partial charge in [0.15, 0.2) is 23.9 Å². The van der Waals surface area contributed by atoms with E-state index in [1.54, 1.807) is 36.4 Å². The fourth-order valence-electron chi connectivity index (χ4n) is 2.35. The summed E-state index contributed by atoms with van der Waals surface area (Å²) in [6, 6.07) is 13.8. The molecule has 0 saturated heterocycles. The van der Waals surface area contributed by atoms with Crippen molar-refractivity contribution in [2.75, 3.05) is 24.4 Å². The van der Waals surface area contributed by atoms with Crippen LogP contribution in [0, 0.1) is 5.82 Å². The molecule has 28 heavy (non-hydrogen) atoms. The number of rotatable bonds is 7. The van der Waals surface area contributed by atoms with Gasteiger partial charge in [0, 0.05) is 23.5 Å². The van der Waals surface area contributed by atoms with Crippen molar-refractivity contribution in [1.82, 2.24) is 0 Å². The maximum atomic E-state index is 13.7. The Balaban J connectivity index is 1.55. The molecule has 0 atom stereocenters. The summed E-state index contributed by atoms with van der Waals surface area (Å²) in [5, 5.41) is 5.19. The van der Waals surface area contributed by atoms with Crippen LogP contribution in [-0.2, 0) is 4.79 Å². The number of anilines is 2. The van der Waals surface area contributed by atoms with Crippen LogP contribution in [0.5, 0.6) is 11.5 Å². The van der Waals surface area contributed by atoms with Gasteiger partial charge in [-0.25, -0.2) is 4.39 Å². The fourth-order valence-corrected chi connectivity index (χ4v) is 2.35. The van der Waals surface area contributed by atoms with Crippen molar-refractivity contribution in [3.05, 3.63) is 72.4 Å². The third kappa shape index (κ3) is 4.88. The number of hydrogen-bond acceptors (Lipinski definition) is 5. The summed E-state index contributed by atoms with van der Waals surface area (Å²) in [7, 11) is 1.36. The average Bonchev–Trinajstić information content (AvgIpc) is 3.22. The monoisotopic (exact) mass is 384 g/mol. The van der Waals surface area contributed by atoms with Crippen molar-refractivity contribution >= 4 is 23.2 Å². The first-order chi connectivity index (χ1) is 13.5. The molecule has 0 aliphatic heterocycles. The van der Waals surface area contributed by atoms with Crippen LogP contribution < -0.4 is 20.1 Å². The zero-order valence-electron chi connectivity index (χ0n) is 14.9. The van der Waals surface area contributed by atoms with E-state index >= 15 is 0 Å². The molecule has 2 amide bonds. The van der Waals surface area contributed by atoms with Gasteiger partial charge in [-0.3, -0.25) is 9.59 Å². The highest BCUT2D eigenvalue weighted by atomic mass is 19.1. The van der Waals surface area contributed by atoms with Crippen molar-refractivity contribution in [3.8, 4) is 11.5 Å². The number of benzene rings is 2. The molecule has 0 unspecified atom stereocenters. The normalized spacial score (nSPS) is 10.2. The minimum Gasteiger partial charge on any atom is -0.494 e. The van der Waals surface area contributed by atoms with E-state index in [2.05, 4.69) is 10.6 Å². The Hall–Kier alpha value is -3.81. The van der Waals surface area contributed by atoms with Gasteiger partial charge >= 0.3 is 0 Å². The molecule has 0 radical (unpaired) electrons. The van der Waals surface area contributed by atoms with Gasteiger partial charge in [0.25, 0.3) is 11.8 Å². The van der Waals surface area contributed by atoms with Gasteiger partial charge in [0.1, 0.15) is 5.75 Å². The number of ether oxygens (including phenoxy) is 2. The highest BCUT2D eigenvalue weighted by molar-refractivity contribution is 6.02. The molecule has 3 aromatic rings. The van der Waals surface area contributed by atoms with Crippen LogP contribution in [0.2, 0.25) is 0 Å². The Morgan fingerprint density at radius 3 is 2.57 bits per heavy atom. The average molecular weight is 384 g/mol. The Kier molecular flexibility index (Phi) is 5.91. The number of carbonyl (C=O) groups excluding carboxylic acids is 2. The van der Waals surface area contributed by atoms with Gasteiger partial charge in [-0.15, -0.1) is 0 Å². The number of furan rings is 1. The van der Waals surface area contributed by atoms with Crippen LogP contribution in [0.4, 0.5) is 15.8 Å². The van der Waals surface area contributed by atoms with E-state index in [1.807, 2.05) is 0 Å². The quantitative estimate of drug-likeness (QED) is 0.648. The lowest BCUT2D eigenvalue weighted by Crippen LogP contribution is -2.20. The molecule has 0 spiro atoms. The van der Waals surface area contributed by atoms with Crippen molar-refractivity contribution < 1.29 is 27.9 Å². The molecule has 1 aromatic heterocycles. The number of hydrogen-bond donors (Lipinski definition) is 2. The zero-order valence-corrected chi connectivity index (χ0v) is 14.9. The molecule has 8 heteroatoms. The zero-order chi connectivity index (χ0) is 19.9. The van der Waals surface area contributed by atoms with Crippen molar-refractivity contribution in [2.24, 2.45) is 0 Å². The topological polar surface area (TPSA) is 89.8 Å². The Morgan fingerprint density at radius 1 is 1.04 bits per heavy atom. The van der Waals surface area contributed by atoms with Crippen molar-refractivity contribution in [1.29, 1.82) is 0 Å². The van der Waals surface area contributed by atoms with Crippen LogP contribution >= 0.6 is 0 Å². The summed E-state index contributed by atoms with van der Waals surface area (Å²) in [5.74, 6) is -0.800. The minimum absolute atomic E-state index is 0.0858. The summed E-state index contributed by atoms with van der Waals surface area (Å²) in [6.07, 6.45) is 1.40. The summed E-state index contributed by atoms with van der Waals surface area (Å²) >= 11 is 0. The highest BCUT2D eigenvalue weighted by Crippen LogP contribution is 2.21. The van der Waals surface area contributed by atoms with Gasteiger partial charge < -0.3 is 24.5 Å². The fraction of sp³-hybridized carbons (Fsp3) is 0.100. The Morgan fingerprint density at radius 2 is 1.86 bits per heavy atom. The maximum Gasteiger partial charge on any atom is 0.291 e. The summed E-state index contributed by atoms with van der Waals surface area (Å²) in [4.78, 5) is 24.0. The number of amides is 2. The third-order valence-electron chi connectivity index (χ3n) is 3.64. The van der Waals surface area contributed by atoms with Crippen LogP contribution in [0.3, 0.4) is 0 Å². The first kappa shape index (κ1) is 19.0. The van der Waals surface area contributed by atoms with Gasteiger partial charge in [-0.05, 0) is 36.4 Å². The lowest BCUT2D eigenvalue weighted by Gasteiger charge is -2.10. The maximum absolute atomic E-state index is 13.7. The van der Waals surface area contributed by atoms with Crippen LogP contribution in [0.1, 0.15) is 10.6 Å². The summed E-state index contributed by atoms with van der Waals surface area (Å²) in [5.41, 5.74) is 0.767. The van der Waals surface area contributed by atoms with E-state index in [-0.39, 0.29) is 23.8 Å². The molecule has 2 aromatic carbocycles. The Bertz CT molecular complexity index is 972. The van der Waals surface area contributed by atoms with E-state index in [9.17, 15) is 14.0 Å². The van der Waals surface area contributed by atoms with E-state index in [0.717, 1.165) is 6.07 Å². The first-order valence-corrected chi connectivity index (χ1v) is 8.26. The number of nitrogens with one attached hydrogen (secondary N) is 2. The number of halogens is 1. The molecule has 2 N–H and O–H groups in total. The molecule has 0 bridgehead atoms. The van der Waals surface area contributed by atoms with Crippen LogP contribution in [0.15, 0.2) is 65.3 Å². The molecule has 3 rings (SSSR count). The first-order valence-electron chi connectivity index (χ1n) is 8.26. The van der Waals surface area contributed by atoms with Crippen LogP contribution in [0.25, 0.3) is 0 Å². The molecule has 0 aliphatic rings. The lowest BCUT2D eigenvalue weighted by atomic mass is 10.3. The van der Waals surface area contributed by atoms with E-state index in [1.165, 1.54) is 25.5 Å². The van der Waals surface area contributed by atoms with Crippen molar-refractivity contribution in [3.63, 3.8) is 0 Å². The van der Waals surface area contributed by atoms with E-state index < -0.39 is 17.6 Å². The smallest absolute Gasteiger partial charge is 0.291 e. The van der Waals surface area contributed by atoms with Crippen molar-refractivity contribution in [2.45, 2.75) is 0 Å². The van der Waals surface area contributed by atoms with Gasteiger partial charge in [-0.2, -0.15) is 0 Å². The predicted molar refractivity (Wildman–Crippen MR) is 100 cm³/mol. The second-order valence-electron chi connectivity index (χ2n) is 5.65. The number of carbonyl (C=O) groups is 2. The van der Waals surface area contributed by atoms with E-state index in [0.29, 0.717) is 11.4 Å². The lowest BCUT2D eigenvalue weighted by molar-refractivity contribution is -0.118. The highest BCUT2D eigenvalue weighted by Gasteiger charge is 2.10. The summed E-state index contributed by atoms with van der Waals surface area (Å²) < 4.78 is 28.9. The largest absolute Gasteiger partial charge is 0.494 e. The number of methoxy groups -OCH3 is 1. The molecule has 7 nitrogen and oxygen atoms in total. The third-order valence-corrected chi connectivity index (χ3v) is 3.64. The second-order valence-corrected chi connectivity index (χ2v) is 5.65. The van der Waals surface area contributed by atoms with Gasteiger partial charge in [0.2, 0.25) is 0 Å². The second kappa shape index (κ2) is 8.72. The predicted octanol–water partition coefficient (Wildman–Crippen LogP) is 3.70. The van der Waals surface area contributed by atoms with E-state index in [4.69, 9.17) is 13.9 Å². The van der Waals surface area contributed by atoms with Gasteiger partial charge in [0.05, 0.1) is 13.4 Å². The summed E-state index contributed by atoms with van der Waals surface area (Å²) in [6.45, 7) is -0.288. The molecular weight excluding hydrogens is 367 g/mol.